The molecule has 1 saturated carbocycles. The third-order valence-electron chi connectivity index (χ3n) is 4.65. The average Bonchev–Trinajstić information content (AvgIpc) is 2.79. The van der Waals surface area contributed by atoms with Crippen LogP contribution < -0.4 is 0 Å². The van der Waals surface area contributed by atoms with E-state index in [4.69, 9.17) is 11.6 Å². The highest BCUT2D eigenvalue weighted by molar-refractivity contribution is 6.32. The van der Waals surface area contributed by atoms with Crippen LogP contribution in [0.1, 0.15) is 53.0 Å². The fraction of sp³-hybridized carbons (Fsp3) is 0.353. The van der Waals surface area contributed by atoms with E-state index in [1.54, 1.807) is 18.3 Å². The monoisotopic (exact) mass is 314 g/mol. The van der Waals surface area contributed by atoms with Crippen LogP contribution in [-0.2, 0) is 0 Å². The smallest absolute Gasteiger partial charge is 0.270 e. The number of carbonyl (C=O) groups is 2. The predicted octanol–water partition coefficient (Wildman–Crippen LogP) is 3.82. The summed E-state index contributed by atoms with van der Waals surface area (Å²) in [5.74, 6) is -0.471. The summed E-state index contributed by atoms with van der Waals surface area (Å²) in [6.45, 7) is 0. The van der Waals surface area contributed by atoms with Crippen LogP contribution in [0.2, 0.25) is 5.02 Å². The van der Waals surface area contributed by atoms with Crippen LogP contribution in [-0.4, -0.2) is 27.7 Å². The van der Waals surface area contributed by atoms with Crippen LogP contribution in [0.15, 0.2) is 24.4 Å². The molecule has 22 heavy (non-hydrogen) atoms. The highest BCUT2D eigenvalue weighted by atomic mass is 35.5. The lowest BCUT2D eigenvalue weighted by molar-refractivity contribution is 0.0547. The van der Waals surface area contributed by atoms with Crippen LogP contribution in [0.3, 0.4) is 0 Å². The molecule has 0 saturated heterocycles. The van der Waals surface area contributed by atoms with Gasteiger partial charge in [0.05, 0.1) is 5.56 Å². The molecule has 4 nitrogen and oxygen atoms in total. The van der Waals surface area contributed by atoms with Gasteiger partial charge >= 0.3 is 0 Å². The van der Waals surface area contributed by atoms with Crippen molar-refractivity contribution in [1.29, 1.82) is 0 Å². The summed E-state index contributed by atoms with van der Waals surface area (Å²) in [4.78, 5) is 31.2. The summed E-state index contributed by atoms with van der Waals surface area (Å²) < 4.78 is 0. The predicted molar refractivity (Wildman–Crippen MR) is 84.1 cm³/mol. The number of hydrogen-bond acceptors (Lipinski definition) is 3. The van der Waals surface area contributed by atoms with Gasteiger partial charge in [0.25, 0.3) is 11.8 Å². The fourth-order valence-corrected chi connectivity index (χ4v) is 3.73. The molecule has 1 aromatic carbocycles. The van der Waals surface area contributed by atoms with Crippen LogP contribution in [0.25, 0.3) is 10.8 Å². The first-order valence-electron chi connectivity index (χ1n) is 7.63. The minimum atomic E-state index is -0.256. The van der Waals surface area contributed by atoms with Gasteiger partial charge in [-0.1, -0.05) is 36.9 Å². The van der Waals surface area contributed by atoms with E-state index in [1.807, 2.05) is 6.07 Å². The number of rotatable bonds is 1. The third-order valence-corrected chi connectivity index (χ3v) is 4.88. The number of fused-ring (bicyclic) bond motifs is 3. The number of aromatic nitrogens is 1. The van der Waals surface area contributed by atoms with Gasteiger partial charge in [-0.05, 0) is 30.4 Å². The Kier molecular flexibility index (Phi) is 3.15. The van der Waals surface area contributed by atoms with Crippen molar-refractivity contribution in [3.63, 3.8) is 0 Å². The Hall–Kier alpha value is -1.94. The van der Waals surface area contributed by atoms with Crippen LogP contribution in [0, 0.1) is 0 Å². The molecule has 1 aliphatic heterocycles. The first-order chi connectivity index (χ1) is 10.7. The van der Waals surface area contributed by atoms with E-state index in [9.17, 15) is 9.59 Å². The molecular formula is C17H15ClN2O2. The Morgan fingerprint density at radius 3 is 2.64 bits per heavy atom. The molecule has 2 amide bonds. The Morgan fingerprint density at radius 1 is 1.09 bits per heavy atom. The summed E-state index contributed by atoms with van der Waals surface area (Å²) in [5, 5.41) is 2.10. The van der Waals surface area contributed by atoms with E-state index in [1.165, 1.54) is 11.3 Å². The van der Waals surface area contributed by atoms with Crippen molar-refractivity contribution in [1.82, 2.24) is 9.88 Å². The molecule has 1 fully saturated rings. The van der Waals surface area contributed by atoms with Crippen molar-refractivity contribution in [2.24, 2.45) is 0 Å². The molecule has 0 N–H and O–H groups in total. The second kappa shape index (κ2) is 5.06. The molecule has 4 rings (SSSR count). The molecule has 0 radical (unpaired) electrons. The van der Waals surface area contributed by atoms with Gasteiger partial charge in [-0.2, -0.15) is 0 Å². The normalized spacial score (nSPS) is 19.0. The zero-order chi connectivity index (χ0) is 15.3. The second-order valence-corrected chi connectivity index (χ2v) is 6.42. The average molecular weight is 315 g/mol. The molecule has 0 atom stereocenters. The molecule has 2 aromatic rings. The second-order valence-electron chi connectivity index (χ2n) is 5.99. The number of pyridine rings is 1. The molecule has 112 valence electrons. The van der Waals surface area contributed by atoms with Crippen molar-refractivity contribution in [2.45, 2.75) is 38.1 Å². The van der Waals surface area contributed by atoms with Crippen molar-refractivity contribution in [3.8, 4) is 0 Å². The van der Waals surface area contributed by atoms with E-state index in [2.05, 4.69) is 4.98 Å². The van der Waals surface area contributed by atoms with Crippen molar-refractivity contribution in [2.75, 3.05) is 0 Å². The minimum Gasteiger partial charge on any atom is -0.270 e. The van der Waals surface area contributed by atoms with Crippen LogP contribution >= 0.6 is 11.6 Å². The van der Waals surface area contributed by atoms with Crippen LogP contribution in [0.5, 0.6) is 0 Å². The highest BCUT2D eigenvalue weighted by Crippen LogP contribution is 2.34. The number of hydrogen-bond donors (Lipinski definition) is 0. The molecule has 0 unspecified atom stereocenters. The number of nitrogens with zero attached hydrogens (tertiary/aromatic N) is 2. The minimum absolute atomic E-state index is 0.0113. The Bertz CT molecular complexity index is 797. The van der Waals surface area contributed by atoms with E-state index in [0.29, 0.717) is 16.0 Å². The van der Waals surface area contributed by atoms with E-state index in [-0.39, 0.29) is 23.6 Å². The number of benzene rings is 1. The summed E-state index contributed by atoms with van der Waals surface area (Å²) in [7, 11) is 0. The van der Waals surface area contributed by atoms with Gasteiger partial charge < -0.3 is 0 Å². The van der Waals surface area contributed by atoms with Gasteiger partial charge in [0, 0.05) is 22.6 Å². The van der Waals surface area contributed by atoms with Gasteiger partial charge in [-0.25, -0.2) is 4.98 Å². The molecular weight excluding hydrogens is 300 g/mol. The van der Waals surface area contributed by atoms with E-state index >= 15 is 0 Å². The highest BCUT2D eigenvalue weighted by Gasteiger charge is 2.42. The fourth-order valence-electron chi connectivity index (χ4n) is 3.56. The van der Waals surface area contributed by atoms with Gasteiger partial charge in [0.15, 0.2) is 0 Å². The molecule has 2 aliphatic rings. The standard InChI is InChI=1S/C17H15ClN2O2/c18-11-7-6-10-9-19-15-14(13(10)8-11)16(21)20(17(15)22)12-4-2-1-3-5-12/h6-9,12H,1-5H2. The molecule has 0 spiro atoms. The SMILES string of the molecule is O=C1c2ncc3ccc(Cl)cc3c2C(=O)N1C1CCCCC1. The molecule has 0 bridgehead atoms. The maximum Gasteiger partial charge on any atom is 0.280 e. The van der Waals surface area contributed by atoms with Gasteiger partial charge in [0.1, 0.15) is 5.69 Å². The van der Waals surface area contributed by atoms with Crippen LogP contribution in [0.4, 0.5) is 0 Å². The largest absolute Gasteiger partial charge is 0.280 e. The number of amides is 2. The van der Waals surface area contributed by atoms with Crippen molar-refractivity contribution < 1.29 is 9.59 Å². The van der Waals surface area contributed by atoms with Crippen molar-refractivity contribution >= 4 is 34.2 Å². The maximum absolute atomic E-state index is 12.9. The summed E-state index contributed by atoms with van der Waals surface area (Å²) in [6.07, 6.45) is 6.74. The molecule has 2 heterocycles. The molecule has 1 aliphatic carbocycles. The zero-order valence-electron chi connectivity index (χ0n) is 12.0. The first kappa shape index (κ1) is 13.7. The van der Waals surface area contributed by atoms with Gasteiger partial charge in [-0.15, -0.1) is 0 Å². The topological polar surface area (TPSA) is 50.3 Å². The lowest BCUT2D eigenvalue weighted by atomic mass is 9.94. The molecule has 5 heteroatoms. The first-order valence-corrected chi connectivity index (χ1v) is 8.01. The summed E-state index contributed by atoms with van der Waals surface area (Å²) >= 11 is 6.06. The third kappa shape index (κ3) is 1.94. The molecule has 1 aromatic heterocycles. The van der Waals surface area contributed by atoms with Gasteiger partial charge in [-0.3, -0.25) is 14.5 Å². The number of imide groups is 1. The Labute approximate surface area is 133 Å². The zero-order valence-corrected chi connectivity index (χ0v) is 12.8. The summed E-state index contributed by atoms with van der Waals surface area (Å²) in [6, 6.07) is 5.34. The lowest BCUT2D eigenvalue weighted by Gasteiger charge is -2.29. The van der Waals surface area contributed by atoms with Crippen molar-refractivity contribution in [3.05, 3.63) is 40.7 Å². The number of halogens is 1. The Morgan fingerprint density at radius 2 is 1.86 bits per heavy atom. The number of carbonyl (C=O) groups excluding carboxylic acids is 2. The van der Waals surface area contributed by atoms with E-state index < -0.39 is 0 Å². The lowest BCUT2D eigenvalue weighted by Crippen LogP contribution is -2.41. The Balaban J connectivity index is 1.86. The summed E-state index contributed by atoms with van der Waals surface area (Å²) in [5.41, 5.74) is 0.681. The quantitative estimate of drug-likeness (QED) is 0.752. The van der Waals surface area contributed by atoms with E-state index in [0.717, 1.165) is 31.1 Å². The van der Waals surface area contributed by atoms with Gasteiger partial charge in [0.2, 0.25) is 0 Å². The maximum atomic E-state index is 12.9.